The topological polar surface area (TPSA) is 96.4 Å². The molecule has 1 aromatic heterocycles. The molecule has 29 heavy (non-hydrogen) atoms. The van der Waals surface area contributed by atoms with Gasteiger partial charge < -0.3 is 10.4 Å². The smallest absolute Gasteiger partial charge is 0.233 e. The number of thiazole rings is 1. The number of sulfone groups is 1. The van der Waals surface area contributed by atoms with Gasteiger partial charge in [-0.05, 0) is 62.1 Å². The van der Waals surface area contributed by atoms with Crippen molar-refractivity contribution in [2.75, 3.05) is 5.32 Å². The molecule has 9 heteroatoms. The van der Waals surface area contributed by atoms with Crippen LogP contribution in [0.4, 0.5) is 9.52 Å². The summed E-state index contributed by atoms with van der Waals surface area (Å²) in [6.07, 6.45) is 4.84. The van der Waals surface area contributed by atoms with Crippen LogP contribution in [0, 0.1) is 11.0 Å². The molecule has 1 aromatic carbocycles. The molecule has 156 valence electrons. The van der Waals surface area contributed by atoms with E-state index in [2.05, 4.69) is 10.3 Å². The average Bonchev–Trinajstić information content (AvgIpc) is 3.37. The maximum absolute atomic E-state index is 13.2. The first-order valence-corrected chi connectivity index (χ1v) is 12.1. The fraction of sp³-hybridized carbons (Fsp3) is 0.500. The number of rotatable bonds is 7. The van der Waals surface area contributed by atoms with Crippen LogP contribution in [0.2, 0.25) is 0 Å². The monoisotopic (exact) mass is 438 g/mol. The third kappa shape index (κ3) is 4.67. The second-order valence-electron chi connectivity index (χ2n) is 7.89. The molecule has 1 amide bonds. The fourth-order valence-corrected chi connectivity index (χ4v) is 6.16. The van der Waals surface area contributed by atoms with Crippen molar-refractivity contribution in [1.29, 1.82) is 0 Å². The van der Waals surface area contributed by atoms with Crippen molar-refractivity contribution in [3.8, 4) is 0 Å². The molecule has 2 aliphatic carbocycles. The highest BCUT2D eigenvalue weighted by molar-refractivity contribution is 7.92. The molecule has 6 nitrogen and oxygen atoms in total. The number of benzene rings is 1. The number of aromatic nitrogens is 1. The Morgan fingerprint density at radius 3 is 2.52 bits per heavy atom. The van der Waals surface area contributed by atoms with Crippen molar-refractivity contribution in [2.24, 2.45) is 5.92 Å². The van der Waals surface area contributed by atoms with E-state index in [0.29, 0.717) is 31.2 Å². The number of aliphatic hydroxyl groups excluding tert-OH is 1. The molecule has 0 bridgehead atoms. The minimum atomic E-state index is -3.29. The summed E-state index contributed by atoms with van der Waals surface area (Å²) in [5, 5.41) is 11.9. The molecule has 4 rings (SSSR count). The van der Waals surface area contributed by atoms with E-state index in [1.807, 2.05) is 0 Å². The van der Waals surface area contributed by atoms with Gasteiger partial charge >= 0.3 is 0 Å². The quantitative estimate of drug-likeness (QED) is 0.690. The van der Waals surface area contributed by atoms with Crippen LogP contribution in [0.15, 0.2) is 35.4 Å². The maximum atomic E-state index is 13.2. The fourth-order valence-electron chi connectivity index (χ4n) is 3.96. The first-order valence-electron chi connectivity index (χ1n) is 9.77. The van der Waals surface area contributed by atoms with Gasteiger partial charge in [-0.1, -0.05) is 23.5 Å². The first-order chi connectivity index (χ1) is 13.8. The van der Waals surface area contributed by atoms with Gasteiger partial charge in [-0.2, -0.15) is 4.39 Å². The van der Waals surface area contributed by atoms with E-state index >= 15 is 0 Å². The van der Waals surface area contributed by atoms with E-state index in [4.69, 9.17) is 0 Å². The molecule has 0 aliphatic heterocycles. The highest BCUT2D eigenvalue weighted by Gasteiger charge is 2.37. The Balaban J connectivity index is 1.56. The summed E-state index contributed by atoms with van der Waals surface area (Å²) in [6.45, 7) is 0. The highest BCUT2D eigenvalue weighted by Crippen LogP contribution is 2.37. The van der Waals surface area contributed by atoms with E-state index in [1.54, 1.807) is 24.3 Å². The third-order valence-corrected chi connectivity index (χ3v) is 8.66. The Bertz CT molecular complexity index is 986. The van der Waals surface area contributed by atoms with Gasteiger partial charge in [0.15, 0.2) is 20.1 Å². The molecular weight excluding hydrogens is 415 g/mol. The Kier molecular flexibility index (Phi) is 5.72. The van der Waals surface area contributed by atoms with Gasteiger partial charge in [0.1, 0.15) is 0 Å². The van der Waals surface area contributed by atoms with Gasteiger partial charge in [0.2, 0.25) is 5.91 Å². The number of nitrogens with one attached hydrogen (secondary N) is 1. The summed E-state index contributed by atoms with van der Waals surface area (Å²) >= 11 is 0.759. The SMILES string of the molecule is O=C(Nc1ncc(F)s1)[C@H](CC1CCC(O)C1)c1ccc(S(=O)(=O)C2CC2)cc1. The number of aliphatic hydroxyl groups is 1. The van der Waals surface area contributed by atoms with Crippen LogP contribution in [-0.4, -0.2) is 35.8 Å². The molecule has 2 aliphatic rings. The lowest BCUT2D eigenvalue weighted by Gasteiger charge is -2.20. The molecule has 2 N–H and O–H groups in total. The summed E-state index contributed by atoms with van der Waals surface area (Å²) in [5.41, 5.74) is 0.704. The standard InChI is InChI=1S/C20H23FN2O4S2/c21-18-11-22-20(28-18)23-19(25)17(10-12-1-4-14(24)9-12)13-2-5-15(6-3-13)29(26,27)16-7-8-16/h2-3,5-6,11-12,14,16-17,24H,1,4,7-10H2,(H,22,23,25)/t12?,14?,17-/m1/s1. The zero-order valence-corrected chi connectivity index (χ0v) is 17.4. The maximum Gasteiger partial charge on any atom is 0.233 e. The van der Waals surface area contributed by atoms with Crippen molar-refractivity contribution in [1.82, 2.24) is 4.98 Å². The lowest BCUT2D eigenvalue weighted by molar-refractivity contribution is -0.118. The third-order valence-electron chi connectivity index (χ3n) is 5.68. The zero-order chi connectivity index (χ0) is 20.6. The molecule has 3 atom stereocenters. The Morgan fingerprint density at radius 2 is 1.97 bits per heavy atom. The Labute approximate surface area is 173 Å². The highest BCUT2D eigenvalue weighted by atomic mass is 32.2. The second kappa shape index (κ2) is 8.12. The summed E-state index contributed by atoms with van der Waals surface area (Å²) < 4.78 is 38.1. The summed E-state index contributed by atoms with van der Waals surface area (Å²) in [6, 6.07) is 6.51. The number of anilines is 1. The van der Waals surface area contributed by atoms with Crippen LogP contribution < -0.4 is 5.32 Å². The summed E-state index contributed by atoms with van der Waals surface area (Å²) in [4.78, 5) is 17.1. The van der Waals surface area contributed by atoms with Crippen LogP contribution in [0.3, 0.4) is 0 Å². The summed E-state index contributed by atoms with van der Waals surface area (Å²) in [5.74, 6) is -0.642. The number of carbonyl (C=O) groups is 1. The Hall–Kier alpha value is -1.84. The first kappa shape index (κ1) is 20.4. The van der Waals surface area contributed by atoms with Crippen molar-refractivity contribution < 1.29 is 22.7 Å². The molecule has 2 fully saturated rings. The van der Waals surface area contributed by atoms with Crippen molar-refractivity contribution in [3.63, 3.8) is 0 Å². The molecule has 0 spiro atoms. The zero-order valence-electron chi connectivity index (χ0n) is 15.8. The lowest BCUT2D eigenvalue weighted by atomic mass is 9.87. The van der Waals surface area contributed by atoms with Crippen molar-refractivity contribution in [2.45, 2.75) is 60.7 Å². The van der Waals surface area contributed by atoms with Crippen LogP contribution >= 0.6 is 11.3 Å². The van der Waals surface area contributed by atoms with E-state index in [-0.39, 0.29) is 33.2 Å². The normalized spacial score (nSPS) is 23.1. The number of hydrogen-bond acceptors (Lipinski definition) is 6. The van der Waals surface area contributed by atoms with Crippen LogP contribution in [0.25, 0.3) is 0 Å². The van der Waals surface area contributed by atoms with Gasteiger partial charge in [0.05, 0.1) is 28.4 Å². The summed E-state index contributed by atoms with van der Waals surface area (Å²) in [7, 11) is -3.29. The van der Waals surface area contributed by atoms with Gasteiger partial charge in [0.25, 0.3) is 0 Å². The van der Waals surface area contributed by atoms with Crippen LogP contribution in [0.1, 0.15) is 50.0 Å². The van der Waals surface area contributed by atoms with Crippen molar-refractivity contribution >= 4 is 32.2 Å². The Morgan fingerprint density at radius 1 is 1.24 bits per heavy atom. The van der Waals surface area contributed by atoms with Gasteiger partial charge in [-0.15, -0.1) is 0 Å². The number of amides is 1. The average molecular weight is 439 g/mol. The van der Waals surface area contributed by atoms with Gasteiger partial charge in [-0.3, -0.25) is 4.79 Å². The minimum absolute atomic E-state index is 0.192. The van der Waals surface area contributed by atoms with E-state index in [0.717, 1.165) is 30.4 Å². The van der Waals surface area contributed by atoms with Crippen LogP contribution in [-0.2, 0) is 14.6 Å². The second-order valence-corrected chi connectivity index (χ2v) is 11.1. The predicted octanol–water partition coefficient (Wildman–Crippen LogP) is 3.49. The molecule has 0 radical (unpaired) electrons. The molecule has 2 aromatic rings. The van der Waals surface area contributed by atoms with E-state index < -0.39 is 20.9 Å². The number of halogens is 1. The molecule has 0 saturated heterocycles. The number of hydrogen-bond donors (Lipinski definition) is 2. The van der Waals surface area contributed by atoms with E-state index in [9.17, 15) is 22.7 Å². The largest absolute Gasteiger partial charge is 0.393 e. The minimum Gasteiger partial charge on any atom is -0.393 e. The lowest BCUT2D eigenvalue weighted by Crippen LogP contribution is -2.23. The van der Waals surface area contributed by atoms with Crippen molar-refractivity contribution in [3.05, 3.63) is 41.2 Å². The number of carbonyl (C=O) groups excluding carboxylic acids is 1. The molecular formula is C20H23FN2O4S2. The molecule has 2 unspecified atom stereocenters. The predicted molar refractivity (Wildman–Crippen MR) is 108 cm³/mol. The van der Waals surface area contributed by atoms with E-state index in [1.165, 1.54) is 0 Å². The van der Waals surface area contributed by atoms with Gasteiger partial charge in [0, 0.05) is 0 Å². The molecule has 1 heterocycles. The van der Waals surface area contributed by atoms with Crippen LogP contribution in [0.5, 0.6) is 0 Å². The van der Waals surface area contributed by atoms with Gasteiger partial charge in [-0.25, -0.2) is 13.4 Å². The number of nitrogens with zero attached hydrogens (tertiary/aromatic N) is 1. The molecule has 2 saturated carbocycles.